The minimum atomic E-state index is -0.519. The van der Waals surface area contributed by atoms with Crippen LogP contribution in [0.15, 0.2) is 33.3 Å². The zero-order valence-corrected chi connectivity index (χ0v) is 12.5. The van der Waals surface area contributed by atoms with Gasteiger partial charge < -0.3 is 10.5 Å². The van der Waals surface area contributed by atoms with Crippen LogP contribution in [-0.2, 0) is 0 Å². The summed E-state index contributed by atoms with van der Waals surface area (Å²) >= 11 is 6.58. The molecule has 0 aliphatic carbocycles. The summed E-state index contributed by atoms with van der Waals surface area (Å²) < 4.78 is 20.5. The summed E-state index contributed by atoms with van der Waals surface area (Å²) in [5, 5.41) is 0. The SMILES string of the molecule is Cc1cc(Oc2ncc(Br)cc2Br)c(F)cc1N. The molecular weight excluding hydrogens is 367 g/mol. The van der Waals surface area contributed by atoms with E-state index in [0.29, 0.717) is 16.0 Å². The molecule has 0 aliphatic rings. The fourth-order valence-corrected chi connectivity index (χ4v) is 2.40. The van der Waals surface area contributed by atoms with E-state index in [1.165, 1.54) is 6.07 Å². The monoisotopic (exact) mass is 374 g/mol. The van der Waals surface area contributed by atoms with Gasteiger partial charge in [0.05, 0.1) is 4.47 Å². The van der Waals surface area contributed by atoms with E-state index in [0.717, 1.165) is 10.0 Å². The van der Waals surface area contributed by atoms with Gasteiger partial charge in [0, 0.05) is 22.4 Å². The molecule has 2 N–H and O–H groups in total. The minimum Gasteiger partial charge on any atom is -0.435 e. The van der Waals surface area contributed by atoms with Crippen LogP contribution >= 0.6 is 31.9 Å². The van der Waals surface area contributed by atoms with Crippen LogP contribution in [0, 0.1) is 12.7 Å². The molecule has 6 heteroatoms. The molecule has 18 heavy (non-hydrogen) atoms. The number of benzene rings is 1. The average molecular weight is 376 g/mol. The number of aromatic nitrogens is 1. The maximum atomic E-state index is 13.7. The highest BCUT2D eigenvalue weighted by Gasteiger charge is 2.11. The van der Waals surface area contributed by atoms with Crippen LogP contribution in [0.5, 0.6) is 11.6 Å². The first-order valence-corrected chi connectivity index (χ1v) is 6.60. The molecular formula is C12H9Br2FN2O. The summed E-state index contributed by atoms with van der Waals surface area (Å²) in [7, 11) is 0. The molecule has 0 spiro atoms. The van der Waals surface area contributed by atoms with Crippen molar-refractivity contribution in [1.29, 1.82) is 0 Å². The van der Waals surface area contributed by atoms with Gasteiger partial charge in [0.1, 0.15) is 0 Å². The maximum absolute atomic E-state index is 13.7. The number of nitrogens with two attached hydrogens (primary N) is 1. The Morgan fingerprint density at radius 2 is 2.00 bits per heavy atom. The summed E-state index contributed by atoms with van der Waals surface area (Å²) in [6, 6.07) is 4.54. The summed E-state index contributed by atoms with van der Waals surface area (Å²) in [4.78, 5) is 4.05. The Balaban J connectivity index is 2.37. The largest absolute Gasteiger partial charge is 0.435 e. The van der Waals surface area contributed by atoms with E-state index in [1.54, 1.807) is 25.3 Å². The second-order valence-corrected chi connectivity index (χ2v) is 5.45. The molecule has 1 aromatic heterocycles. The molecule has 2 rings (SSSR count). The first kappa shape index (κ1) is 13.3. The Labute approximate surface area is 120 Å². The van der Waals surface area contributed by atoms with Crippen molar-refractivity contribution in [2.24, 2.45) is 0 Å². The van der Waals surface area contributed by atoms with Crippen molar-refractivity contribution in [3.05, 3.63) is 44.7 Å². The predicted molar refractivity (Wildman–Crippen MR) is 75.3 cm³/mol. The third-order valence-corrected chi connectivity index (χ3v) is 3.30. The van der Waals surface area contributed by atoms with Crippen molar-refractivity contribution in [2.75, 3.05) is 5.73 Å². The number of nitrogen functional groups attached to an aromatic ring is 1. The fourth-order valence-electron chi connectivity index (χ4n) is 1.33. The minimum absolute atomic E-state index is 0.0947. The van der Waals surface area contributed by atoms with Crippen LogP contribution in [0.3, 0.4) is 0 Å². The number of halogens is 3. The lowest BCUT2D eigenvalue weighted by Crippen LogP contribution is -1.96. The Hall–Kier alpha value is -1.14. The van der Waals surface area contributed by atoms with Crippen LogP contribution in [0.2, 0.25) is 0 Å². The quantitative estimate of drug-likeness (QED) is 0.790. The van der Waals surface area contributed by atoms with Gasteiger partial charge in [-0.3, -0.25) is 0 Å². The molecule has 0 radical (unpaired) electrons. The molecule has 0 amide bonds. The van der Waals surface area contributed by atoms with Crippen LogP contribution in [0.25, 0.3) is 0 Å². The molecule has 0 aliphatic heterocycles. The van der Waals surface area contributed by atoms with Gasteiger partial charge in [-0.15, -0.1) is 0 Å². The van der Waals surface area contributed by atoms with E-state index in [2.05, 4.69) is 36.8 Å². The van der Waals surface area contributed by atoms with Crippen molar-refractivity contribution in [2.45, 2.75) is 6.92 Å². The van der Waals surface area contributed by atoms with Gasteiger partial charge in [-0.2, -0.15) is 0 Å². The topological polar surface area (TPSA) is 48.1 Å². The molecule has 3 nitrogen and oxygen atoms in total. The van der Waals surface area contributed by atoms with Gasteiger partial charge in [-0.05, 0) is 56.5 Å². The maximum Gasteiger partial charge on any atom is 0.233 e. The third kappa shape index (κ3) is 2.81. The molecule has 0 unspecified atom stereocenters. The van der Waals surface area contributed by atoms with Gasteiger partial charge in [0.2, 0.25) is 5.88 Å². The number of nitrogens with zero attached hydrogens (tertiary/aromatic N) is 1. The lowest BCUT2D eigenvalue weighted by Gasteiger charge is -2.09. The smallest absolute Gasteiger partial charge is 0.233 e. The molecule has 0 saturated carbocycles. The summed E-state index contributed by atoms with van der Waals surface area (Å²) in [5.41, 5.74) is 6.75. The summed E-state index contributed by atoms with van der Waals surface area (Å²) in [6.45, 7) is 1.78. The van der Waals surface area contributed by atoms with Crippen LogP contribution in [0.4, 0.5) is 10.1 Å². The Morgan fingerprint density at radius 3 is 2.67 bits per heavy atom. The number of ether oxygens (including phenoxy) is 1. The van der Waals surface area contributed by atoms with E-state index in [1.807, 2.05) is 0 Å². The zero-order valence-electron chi connectivity index (χ0n) is 9.38. The normalized spacial score (nSPS) is 10.4. The van der Waals surface area contributed by atoms with Crippen molar-refractivity contribution in [3.8, 4) is 11.6 Å². The van der Waals surface area contributed by atoms with Crippen LogP contribution < -0.4 is 10.5 Å². The van der Waals surface area contributed by atoms with Gasteiger partial charge >= 0.3 is 0 Å². The van der Waals surface area contributed by atoms with Crippen LogP contribution in [0.1, 0.15) is 5.56 Å². The van der Waals surface area contributed by atoms with E-state index < -0.39 is 5.82 Å². The van der Waals surface area contributed by atoms with E-state index in [-0.39, 0.29) is 5.75 Å². The number of rotatable bonds is 2. The zero-order chi connectivity index (χ0) is 13.3. The van der Waals surface area contributed by atoms with Crippen molar-refractivity contribution in [3.63, 3.8) is 0 Å². The van der Waals surface area contributed by atoms with Gasteiger partial charge in [-0.1, -0.05) is 0 Å². The Bertz CT molecular complexity index is 605. The molecule has 0 saturated heterocycles. The highest BCUT2D eigenvalue weighted by molar-refractivity contribution is 9.11. The fraction of sp³-hybridized carbons (Fsp3) is 0.0833. The number of hydrogen-bond donors (Lipinski definition) is 1. The molecule has 0 atom stereocenters. The lowest BCUT2D eigenvalue weighted by atomic mass is 10.2. The summed E-state index contributed by atoms with van der Waals surface area (Å²) in [6.07, 6.45) is 1.57. The Kier molecular flexibility index (Phi) is 3.87. The lowest BCUT2D eigenvalue weighted by molar-refractivity contribution is 0.424. The molecule has 1 heterocycles. The van der Waals surface area contributed by atoms with Crippen molar-refractivity contribution in [1.82, 2.24) is 4.98 Å². The first-order chi connectivity index (χ1) is 8.47. The second kappa shape index (κ2) is 5.24. The molecule has 0 bridgehead atoms. The second-order valence-electron chi connectivity index (χ2n) is 3.68. The Morgan fingerprint density at radius 1 is 1.28 bits per heavy atom. The van der Waals surface area contributed by atoms with Gasteiger partial charge in [-0.25, -0.2) is 9.37 Å². The standard InChI is InChI=1S/C12H9Br2FN2O/c1-6-2-11(9(15)4-10(6)16)18-12-8(14)3-7(13)5-17-12/h2-5H,16H2,1H3. The van der Waals surface area contributed by atoms with E-state index in [4.69, 9.17) is 10.5 Å². The number of hydrogen-bond acceptors (Lipinski definition) is 3. The number of aryl methyl sites for hydroxylation is 1. The first-order valence-electron chi connectivity index (χ1n) is 5.02. The van der Waals surface area contributed by atoms with E-state index in [9.17, 15) is 4.39 Å². The summed E-state index contributed by atoms with van der Waals surface area (Å²) in [5.74, 6) is -0.131. The van der Waals surface area contributed by atoms with Crippen molar-refractivity contribution >= 4 is 37.5 Å². The third-order valence-electron chi connectivity index (χ3n) is 2.30. The highest BCUT2D eigenvalue weighted by Crippen LogP contribution is 2.32. The van der Waals surface area contributed by atoms with Crippen molar-refractivity contribution < 1.29 is 9.13 Å². The van der Waals surface area contributed by atoms with Crippen LogP contribution in [-0.4, -0.2) is 4.98 Å². The predicted octanol–water partition coefficient (Wildman–Crippen LogP) is 4.43. The molecule has 2 aromatic rings. The van der Waals surface area contributed by atoms with E-state index >= 15 is 0 Å². The van der Waals surface area contributed by atoms with Gasteiger partial charge in [0.15, 0.2) is 11.6 Å². The number of pyridine rings is 1. The highest BCUT2D eigenvalue weighted by atomic mass is 79.9. The molecule has 94 valence electrons. The molecule has 1 aromatic carbocycles. The van der Waals surface area contributed by atoms with Gasteiger partial charge in [0.25, 0.3) is 0 Å². The number of anilines is 1. The molecule has 0 fully saturated rings. The average Bonchev–Trinajstić information content (AvgIpc) is 2.29.